The minimum atomic E-state index is -1.85. The first-order valence-electron chi connectivity index (χ1n) is 10.6. The van der Waals surface area contributed by atoms with E-state index in [1.165, 1.54) is 0 Å². The predicted octanol–water partition coefficient (Wildman–Crippen LogP) is -5.98. The van der Waals surface area contributed by atoms with Crippen molar-refractivity contribution in [2.45, 2.75) is 16.6 Å². The van der Waals surface area contributed by atoms with Crippen LogP contribution in [0, 0.1) is 0 Å². The molecule has 0 saturated carbocycles. The summed E-state index contributed by atoms with van der Waals surface area (Å²) in [4.78, 5) is 38.5. The lowest BCUT2D eigenvalue weighted by atomic mass is 9.98. The molecule has 3 amide bonds. The van der Waals surface area contributed by atoms with Gasteiger partial charge in [0.15, 0.2) is 0 Å². The first-order valence-corrected chi connectivity index (χ1v) is 10.6. The van der Waals surface area contributed by atoms with Gasteiger partial charge in [-0.3, -0.25) is 14.4 Å². The fraction of sp³-hybridized carbons (Fsp3) is 0.571. The third kappa shape index (κ3) is 7.16. The maximum atomic E-state index is 12.8. The second-order valence-corrected chi connectivity index (χ2v) is 8.43. The molecule has 0 aliphatic rings. The number of rotatable bonds is 15. The maximum Gasteiger partial charge on any atom is 0.251 e. The third-order valence-corrected chi connectivity index (χ3v) is 5.58. The summed E-state index contributed by atoms with van der Waals surface area (Å²) in [5, 5.41) is 91.8. The van der Waals surface area contributed by atoms with Crippen LogP contribution in [0.25, 0.3) is 0 Å². The molecule has 204 valence electrons. The van der Waals surface area contributed by atoms with Crippen LogP contribution in [0.4, 0.5) is 0 Å². The molecule has 0 fully saturated rings. The molecule has 0 aliphatic heterocycles. The number of carbonyl (C=O) groups is 3. The maximum absolute atomic E-state index is 12.8. The van der Waals surface area contributed by atoms with Gasteiger partial charge in [0.25, 0.3) is 17.7 Å². The van der Waals surface area contributed by atoms with Crippen LogP contribution >= 0.6 is 0 Å². The number of carbonyl (C=O) groups excluding carboxylic acids is 3. The van der Waals surface area contributed by atoms with Gasteiger partial charge in [-0.05, 0) is 18.2 Å². The van der Waals surface area contributed by atoms with Gasteiger partial charge >= 0.3 is 0 Å². The van der Waals surface area contributed by atoms with Crippen molar-refractivity contribution in [3.63, 3.8) is 0 Å². The summed E-state index contributed by atoms with van der Waals surface area (Å²) in [5.41, 5.74) is -6.68. The van der Waals surface area contributed by atoms with Crippen molar-refractivity contribution in [3.05, 3.63) is 34.9 Å². The summed E-state index contributed by atoms with van der Waals surface area (Å²) in [6.45, 7) is -7.77. The Balaban J connectivity index is 3.56. The van der Waals surface area contributed by atoms with Crippen LogP contribution in [0.1, 0.15) is 31.1 Å². The van der Waals surface area contributed by atoms with Gasteiger partial charge in [0.05, 0.1) is 59.5 Å². The van der Waals surface area contributed by atoms with Crippen LogP contribution in [-0.4, -0.2) is 140 Å². The van der Waals surface area contributed by atoms with Gasteiger partial charge in [-0.25, -0.2) is 0 Å². The van der Waals surface area contributed by atoms with Gasteiger partial charge < -0.3 is 61.9 Å². The molecule has 36 heavy (non-hydrogen) atoms. The zero-order valence-electron chi connectivity index (χ0n) is 19.3. The van der Waals surface area contributed by atoms with Gasteiger partial charge in [0, 0.05) is 16.7 Å². The Morgan fingerprint density at radius 1 is 0.444 bits per heavy atom. The Morgan fingerprint density at radius 2 is 0.611 bits per heavy atom. The highest BCUT2D eigenvalue weighted by Gasteiger charge is 2.34. The summed E-state index contributed by atoms with van der Waals surface area (Å²) in [6.07, 6.45) is 0. The summed E-state index contributed by atoms with van der Waals surface area (Å²) in [6, 6.07) is 2.94. The Kier molecular flexibility index (Phi) is 11.8. The topological polar surface area (TPSA) is 269 Å². The number of aliphatic hydroxyl groups excluding tert-OH is 9. The Hall–Kier alpha value is -2.73. The van der Waals surface area contributed by atoms with Crippen LogP contribution in [0.2, 0.25) is 0 Å². The number of nitrogens with one attached hydrogen (secondary N) is 3. The first-order chi connectivity index (χ1) is 17.0. The molecule has 0 spiro atoms. The first kappa shape index (κ1) is 31.3. The zero-order valence-corrected chi connectivity index (χ0v) is 19.3. The van der Waals surface area contributed by atoms with E-state index in [9.17, 15) is 60.3 Å². The summed E-state index contributed by atoms with van der Waals surface area (Å²) in [7, 11) is 0. The average Bonchev–Trinajstić information content (AvgIpc) is 2.93. The smallest absolute Gasteiger partial charge is 0.251 e. The van der Waals surface area contributed by atoms with E-state index in [1.807, 2.05) is 0 Å². The Bertz CT molecular complexity index is 747. The van der Waals surface area contributed by atoms with Gasteiger partial charge in [0.1, 0.15) is 16.6 Å². The zero-order chi connectivity index (χ0) is 27.6. The number of hydrogen-bond donors (Lipinski definition) is 12. The summed E-state index contributed by atoms with van der Waals surface area (Å²) >= 11 is 0. The molecule has 0 aromatic heterocycles. The number of aliphatic hydroxyl groups is 9. The fourth-order valence-corrected chi connectivity index (χ4v) is 2.77. The molecule has 12 N–H and O–H groups in total. The van der Waals surface area contributed by atoms with E-state index in [-0.39, 0.29) is 16.7 Å². The minimum Gasteiger partial charge on any atom is -0.394 e. The summed E-state index contributed by atoms with van der Waals surface area (Å²) in [5.74, 6) is -3.11. The van der Waals surface area contributed by atoms with Crippen LogP contribution in [0.5, 0.6) is 0 Å². The van der Waals surface area contributed by atoms with Crippen molar-refractivity contribution in [2.24, 2.45) is 0 Å². The van der Waals surface area contributed by atoms with Crippen LogP contribution < -0.4 is 16.0 Å². The fourth-order valence-electron chi connectivity index (χ4n) is 2.77. The van der Waals surface area contributed by atoms with E-state index in [0.29, 0.717) is 0 Å². The highest BCUT2D eigenvalue weighted by Crippen LogP contribution is 2.16. The SMILES string of the molecule is O=C(NC(CO)(CO)CO)c1cc(C(=O)NC(CO)(CO)CO)cc(C(=O)NC(CO)(CO)CO)c1. The summed E-state index contributed by atoms with van der Waals surface area (Å²) < 4.78 is 0. The van der Waals surface area contributed by atoms with E-state index in [1.54, 1.807) is 0 Å². The number of benzene rings is 1. The molecule has 15 nitrogen and oxygen atoms in total. The van der Waals surface area contributed by atoms with Gasteiger partial charge in [-0.15, -0.1) is 0 Å². The Labute approximate surface area is 205 Å². The molecule has 0 heterocycles. The Morgan fingerprint density at radius 3 is 0.750 bits per heavy atom. The minimum absolute atomic E-state index is 0.377. The molecular formula is C21H33N3O12. The molecule has 0 aliphatic carbocycles. The lowest BCUT2D eigenvalue weighted by Gasteiger charge is -2.30. The average molecular weight is 520 g/mol. The molecule has 1 rings (SSSR count). The predicted molar refractivity (Wildman–Crippen MR) is 121 cm³/mol. The molecular weight excluding hydrogens is 486 g/mol. The quantitative estimate of drug-likeness (QED) is 0.103. The second kappa shape index (κ2) is 13.5. The monoisotopic (exact) mass is 519 g/mol. The van der Waals surface area contributed by atoms with Gasteiger partial charge in [-0.2, -0.15) is 0 Å². The van der Waals surface area contributed by atoms with Crippen molar-refractivity contribution >= 4 is 17.7 Å². The van der Waals surface area contributed by atoms with Crippen LogP contribution in [-0.2, 0) is 0 Å². The van der Waals surface area contributed by atoms with Crippen molar-refractivity contribution in [3.8, 4) is 0 Å². The van der Waals surface area contributed by atoms with E-state index in [2.05, 4.69) is 16.0 Å². The van der Waals surface area contributed by atoms with Gasteiger partial charge in [-0.1, -0.05) is 0 Å². The largest absolute Gasteiger partial charge is 0.394 e. The van der Waals surface area contributed by atoms with E-state index in [0.717, 1.165) is 18.2 Å². The van der Waals surface area contributed by atoms with Crippen LogP contribution in [0.15, 0.2) is 18.2 Å². The van der Waals surface area contributed by atoms with Crippen molar-refractivity contribution in [2.75, 3.05) is 59.5 Å². The molecule has 0 bridgehead atoms. The number of amides is 3. The lowest BCUT2D eigenvalue weighted by molar-refractivity contribution is 0.0368. The molecule has 0 saturated heterocycles. The highest BCUT2D eigenvalue weighted by atomic mass is 16.3. The normalized spacial score (nSPS) is 12.2. The van der Waals surface area contributed by atoms with Gasteiger partial charge in [0.2, 0.25) is 0 Å². The van der Waals surface area contributed by atoms with Crippen molar-refractivity contribution < 1.29 is 60.3 Å². The molecule has 0 atom stereocenters. The lowest BCUT2D eigenvalue weighted by Crippen LogP contribution is -2.58. The highest BCUT2D eigenvalue weighted by molar-refractivity contribution is 6.05. The van der Waals surface area contributed by atoms with E-state index >= 15 is 0 Å². The standard InChI is InChI=1S/C21H33N3O12/c25-4-19(5-26,6-27)22-16(34)13-1-14(17(35)23-20(7-28,8-29)9-30)3-15(2-13)18(36)24-21(10-31,11-32)12-33/h1-3,25-33H,4-12H2,(H,22,34)(H,23,35)(H,24,36). The molecule has 0 radical (unpaired) electrons. The number of hydrogen-bond acceptors (Lipinski definition) is 12. The second-order valence-electron chi connectivity index (χ2n) is 8.43. The van der Waals surface area contributed by atoms with E-state index < -0.39 is 93.8 Å². The van der Waals surface area contributed by atoms with Crippen molar-refractivity contribution in [1.29, 1.82) is 0 Å². The van der Waals surface area contributed by atoms with E-state index in [4.69, 9.17) is 0 Å². The third-order valence-electron chi connectivity index (χ3n) is 5.58. The molecule has 1 aromatic rings. The van der Waals surface area contributed by atoms with Crippen molar-refractivity contribution in [1.82, 2.24) is 16.0 Å². The molecule has 1 aromatic carbocycles. The molecule has 15 heteroatoms. The van der Waals surface area contributed by atoms with Crippen LogP contribution in [0.3, 0.4) is 0 Å². The molecule has 0 unspecified atom stereocenters.